The summed E-state index contributed by atoms with van der Waals surface area (Å²) in [6, 6.07) is 4.07. The molecular formula is C13H18N2OS. The van der Waals surface area contributed by atoms with Crippen molar-refractivity contribution < 1.29 is 4.74 Å². The number of fused-ring (bicyclic) bond motifs is 3. The van der Waals surface area contributed by atoms with Gasteiger partial charge in [-0.3, -0.25) is 4.90 Å². The number of hydrogen-bond acceptors (Lipinski definition) is 4. The molecule has 0 unspecified atom stereocenters. The van der Waals surface area contributed by atoms with E-state index in [9.17, 15) is 0 Å². The van der Waals surface area contributed by atoms with Gasteiger partial charge in [-0.2, -0.15) is 0 Å². The molecule has 17 heavy (non-hydrogen) atoms. The van der Waals surface area contributed by atoms with Gasteiger partial charge in [-0.15, -0.1) is 11.8 Å². The minimum absolute atomic E-state index is 0.352. The summed E-state index contributed by atoms with van der Waals surface area (Å²) in [6.45, 7) is 3.59. The number of pyridine rings is 1. The molecule has 0 spiro atoms. The molecule has 4 heterocycles. The molecule has 3 aliphatic rings. The van der Waals surface area contributed by atoms with Crippen LogP contribution in [0, 0.1) is 5.92 Å². The first-order valence-electron chi connectivity index (χ1n) is 6.24. The second-order valence-corrected chi connectivity index (χ2v) is 5.71. The van der Waals surface area contributed by atoms with Gasteiger partial charge in [0.15, 0.2) is 0 Å². The van der Waals surface area contributed by atoms with E-state index in [-0.39, 0.29) is 0 Å². The van der Waals surface area contributed by atoms with Crippen LogP contribution in [0.15, 0.2) is 23.2 Å². The second kappa shape index (κ2) is 4.86. The first-order chi connectivity index (χ1) is 8.35. The summed E-state index contributed by atoms with van der Waals surface area (Å²) in [7, 11) is 0. The second-order valence-electron chi connectivity index (χ2n) is 4.83. The van der Waals surface area contributed by atoms with Gasteiger partial charge in [0.2, 0.25) is 5.88 Å². The standard InChI is InChI=1S/C13H18N2OS/c1-17-11-2-3-13(14-8-11)16-12-9-15-6-4-10(12)5-7-15/h2-3,8,10,12H,4-7,9H2,1H3/t12-/m0/s1. The average molecular weight is 250 g/mol. The van der Waals surface area contributed by atoms with Gasteiger partial charge in [-0.25, -0.2) is 4.98 Å². The highest BCUT2D eigenvalue weighted by atomic mass is 32.2. The Morgan fingerprint density at radius 1 is 1.35 bits per heavy atom. The molecule has 0 N–H and O–H groups in total. The van der Waals surface area contributed by atoms with Crippen LogP contribution in [-0.4, -0.2) is 41.9 Å². The van der Waals surface area contributed by atoms with Crippen molar-refractivity contribution in [1.29, 1.82) is 0 Å². The highest BCUT2D eigenvalue weighted by Gasteiger charge is 2.35. The highest BCUT2D eigenvalue weighted by molar-refractivity contribution is 7.98. The summed E-state index contributed by atoms with van der Waals surface area (Å²) in [5, 5.41) is 0. The van der Waals surface area contributed by atoms with Crippen LogP contribution in [0.25, 0.3) is 0 Å². The Bertz CT molecular complexity index is 374. The predicted octanol–water partition coefficient (Wildman–Crippen LogP) is 2.28. The van der Waals surface area contributed by atoms with Gasteiger partial charge in [0, 0.05) is 23.7 Å². The van der Waals surface area contributed by atoms with Crippen LogP contribution >= 0.6 is 11.8 Å². The first-order valence-corrected chi connectivity index (χ1v) is 7.46. The van der Waals surface area contributed by atoms with Crippen molar-refractivity contribution in [2.24, 2.45) is 5.92 Å². The van der Waals surface area contributed by atoms with Gasteiger partial charge in [0.1, 0.15) is 6.10 Å². The molecule has 3 fully saturated rings. The molecule has 3 aliphatic heterocycles. The average Bonchev–Trinajstić information content (AvgIpc) is 2.41. The van der Waals surface area contributed by atoms with Gasteiger partial charge < -0.3 is 4.74 Å². The number of ether oxygens (including phenoxy) is 1. The molecule has 1 atom stereocenters. The molecule has 0 aliphatic carbocycles. The minimum atomic E-state index is 0.352. The van der Waals surface area contributed by atoms with Crippen molar-refractivity contribution in [3.63, 3.8) is 0 Å². The molecule has 4 rings (SSSR count). The van der Waals surface area contributed by atoms with Crippen LogP contribution in [0.4, 0.5) is 0 Å². The summed E-state index contributed by atoms with van der Waals surface area (Å²) >= 11 is 1.71. The number of nitrogens with zero attached hydrogens (tertiary/aromatic N) is 2. The Labute approximate surface area is 107 Å². The maximum absolute atomic E-state index is 6.03. The van der Waals surface area contributed by atoms with Crippen molar-refractivity contribution in [2.45, 2.75) is 23.8 Å². The molecule has 0 amide bonds. The fourth-order valence-electron chi connectivity index (χ4n) is 2.76. The number of aromatic nitrogens is 1. The Morgan fingerprint density at radius 3 is 2.71 bits per heavy atom. The van der Waals surface area contributed by atoms with Gasteiger partial charge in [0.05, 0.1) is 0 Å². The highest BCUT2D eigenvalue weighted by Crippen LogP contribution is 2.30. The van der Waals surface area contributed by atoms with Crippen LogP contribution in [0.1, 0.15) is 12.8 Å². The van der Waals surface area contributed by atoms with Crippen LogP contribution in [0.2, 0.25) is 0 Å². The van der Waals surface area contributed by atoms with E-state index < -0.39 is 0 Å². The summed E-state index contributed by atoms with van der Waals surface area (Å²) in [5.74, 6) is 1.52. The monoisotopic (exact) mass is 250 g/mol. The third-order valence-corrected chi connectivity index (χ3v) is 4.53. The van der Waals surface area contributed by atoms with Crippen molar-refractivity contribution in [3.05, 3.63) is 18.3 Å². The minimum Gasteiger partial charge on any atom is -0.473 e. The zero-order valence-electron chi connectivity index (χ0n) is 10.1. The quantitative estimate of drug-likeness (QED) is 0.769. The zero-order valence-corrected chi connectivity index (χ0v) is 10.9. The topological polar surface area (TPSA) is 25.4 Å². The third kappa shape index (κ3) is 2.43. The molecule has 92 valence electrons. The van der Waals surface area contributed by atoms with E-state index in [1.807, 2.05) is 12.3 Å². The molecule has 1 aromatic rings. The molecule has 0 aromatic carbocycles. The zero-order chi connectivity index (χ0) is 11.7. The van der Waals surface area contributed by atoms with E-state index in [0.29, 0.717) is 6.10 Å². The lowest BCUT2D eigenvalue weighted by Crippen LogP contribution is -2.52. The summed E-state index contributed by atoms with van der Waals surface area (Å²) in [4.78, 5) is 8.05. The lowest BCUT2D eigenvalue weighted by molar-refractivity contribution is -0.00997. The smallest absolute Gasteiger partial charge is 0.213 e. The van der Waals surface area contributed by atoms with Crippen LogP contribution in [-0.2, 0) is 0 Å². The van der Waals surface area contributed by atoms with E-state index in [4.69, 9.17) is 4.74 Å². The Morgan fingerprint density at radius 2 is 2.18 bits per heavy atom. The van der Waals surface area contributed by atoms with E-state index in [1.54, 1.807) is 11.8 Å². The van der Waals surface area contributed by atoms with E-state index in [1.165, 1.54) is 30.8 Å². The van der Waals surface area contributed by atoms with Crippen molar-refractivity contribution in [3.8, 4) is 5.88 Å². The molecular weight excluding hydrogens is 232 g/mol. The van der Waals surface area contributed by atoms with Gasteiger partial charge >= 0.3 is 0 Å². The number of piperidine rings is 3. The molecule has 0 radical (unpaired) electrons. The van der Waals surface area contributed by atoms with E-state index >= 15 is 0 Å². The maximum atomic E-state index is 6.03. The molecule has 3 nitrogen and oxygen atoms in total. The van der Waals surface area contributed by atoms with E-state index in [0.717, 1.165) is 18.3 Å². The van der Waals surface area contributed by atoms with Crippen LogP contribution in [0.5, 0.6) is 5.88 Å². The van der Waals surface area contributed by atoms with Crippen LogP contribution in [0.3, 0.4) is 0 Å². The first kappa shape index (κ1) is 11.4. The summed E-state index contributed by atoms with van der Waals surface area (Å²) < 4.78 is 6.03. The molecule has 1 aromatic heterocycles. The summed E-state index contributed by atoms with van der Waals surface area (Å²) in [6.07, 6.45) is 6.87. The van der Waals surface area contributed by atoms with Crippen molar-refractivity contribution >= 4 is 11.8 Å². The van der Waals surface area contributed by atoms with Gasteiger partial charge in [-0.05, 0) is 44.2 Å². The van der Waals surface area contributed by atoms with Crippen LogP contribution < -0.4 is 4.74 Å². The Hall–Kier alpha value is -0.740. The lowest BCUT2D eigenvalue weighted by atomic mass is 9.86. The van der Waals surface area contributed by atoms with Crippen molar-refractivity contribution in [1.82, 2.24) is 9.88 Å². The SMILES string of the molecule is CSc1ccc(O[C@H]2CN3CCC2CC3)nc1. The number of hydrogen-bond donors (Lipinski definition) is 0. The third-order valence-electron chi connectivity index (χ3n) is 3.81. The van der Waals surface area contributed by atoms with Gasteiger partial charge in [0.25, 0.3) is 0 Å². The number of thioether (sulfide) groups is 1. The molecule has 4 heteroatoms. The Balaban J connectivity index is 1.66. The fourth-order valence-corrected chi connectivity index (χ4v) is 3.12. The lowest BCUT2D eigenvalue weighted by Gasteiger charge is -2.44. The summed E-state index contributed by atoms with van der Waals surface area (Å²) in [5.41, 5.74) is 0. The van der Waals surface area contributed by atoms with Gasteiger partial charge in [-0.1, -0.05) is 0 Å². The molecule has 3 saturated heterocycles. The largest absolute Gasteiger partial charge is 0.473 e. The van der Waals surface area contributed by atoms with Crippen molar-refractivity contribution in [2.75, 3.05) is 25.9 Å². The predicted molar refractivity (Wildman–Crippen MR) is 69.6 cm³/mol. The molecule has 0 saturated carbocycles. The number of rotatable bonds is 3. The maximum Gasteiger partial charge on any atom is 0.213 e. The molecule has 2 bridgehead atoms. The van der Waals surface area contributed by atoms with E-state index in [2.05, 4.69) is 22.2 Å². The normalized spacial score (nSPS) is 31.5. The Kier molecular flexibility index (Phi) is 3.25. The fraction of sp³-hybridized carbons (Fsp3) is 0.615.